The fourth-order valence-corrected chi connectivity index (χ4v) is 3.93. The second-order valence-corrected chi connectivity index (χ2v) is 6.56. The summed E-state index contributed by atoms with van der Waals surface area (Å²) in [5.41, 5.74) is 1.78. The van der Waals surface area contributed by atoms with E-state index in [1.54, 1.807) is 11.3 Å². The molecular weight excluding hydrogens is 339 g/mol. The van der Waals surface area contributed by atoms with Crippen LogP contribution in [0.5, 0.6) is 0 Å². The molecule has 3 rings (SSSR count). The van der Waals surface area contributed by atoms with Crippen molar-refractivity contribution in [3.63, 3.8) is 0 Å². The summed E-state index contributed by atoms with van der Waals surface area (Å²) < 4.78 is 1.12. The van der Waals surface area contributed by atoms with Crippen LogP contribution in [-0.4, -0.2) is 43.6 Å². The van der Waals surface area contributed by atoms with Crippen molar-refractivity contribution < 1.29 is 4.79 Å². The van der Waals surface area contributed by atoms with Crippen LogP contribution in [0.15, 0.2) is 23.6 Å². The van der Waals surface area contributed by atoms with Gasteiger partial charge in [0, 0.05) is 64.3 Å². The Morgan fingerprint density at radius 1 is 1.36 bits per heavy atom. The van der Waals surface area contributed by atoms with E-state index in [1.165, 1.54) is 0 Å². The minimum atomic E-state index is 0. The van der Waals surface area contributed by atoms with Crippen LogP contribution in [0.3, 0.4) is 0 Å². The van der Waals surface area contributed by atoms with Crippen LogP contribution in [0.25, 0.3) is 15.7 Å². The van der Waals surface area contributed by atoms with E-state index in [2.05, 4.69) is 16.2 Å². The number of hydrogen-bond donors (Lipinski definition) is 1. The lowest BCUT2D eigenvalue weighted by atomic mass is 10.0. The molecule has 1 aliphatic rings. The third kappa shape index (κ3) is 3.90. The minimum absolute atomic E-state index is 0. The van der Waals surface area contributed by atoms with Gasteiger partial charge in [-0.05, 0) is 18.6 Å². The normalized spacial score (nSPS) is 15.3. The Morgan fingerprint density at radius 3 is 2.86 bits per heavy atom. The molecule has 3 nitrogen and oxygen atoms in total. The first kappa shape index (κ1) is 17.5. The van der Waals surface area contributed by atoms with E-state index in [4.69, 9.17) is 11.6 Å². The van der Waals surface area contributed by atoms with Crippen LogP contribution in [0.4, 0.5) is 0 Å². The maximum atomic E-state index is 11.4. The molecule has 0 spiro atoms. The summed E-state index contributed by atoms with van der Waals surface area (Å²) >= 11 is 7.64. The largest absolute Gasteiger partial charge is 0.314 e. The van der Waals surface area contributed by atoms with Gasteiger partial charge in [0.25, 0.3) is 0 Å². The molecule has 0 amide bonds. The third-order valence-corrected chi connectivity index (χ3v) is 5.05. The van der Waals surface area contributed by atoms with Gasteiger partial charge in [0.1, 0.15) is 5.94 Å². The molecule has 1 aromatic heterocycles. The number of nitrogens with one attached hydrogen (secondary N) is 1. The number of carbonyl (C=O) groups excluding carboxylic acids is 1. The van der Waals surface area contributed by atoms with Crippen LogP contribution < -0.4 is 5.32 Å². The highest BCUT2D eigenvalue weighted by atomic mass is 35.5. The molecule has 22 heavy (non-hydrogen) atoms. The monoisotopic (exact) mass is 356 g/mol. The molecule has 1 aromatic carbocycles. The van der Waals surface area contributed by atoms with E-state index >= 15 is 0 Å². The van der Waals surface area contributed by atoms with Gasteiger partial charge in [0.2, 0.25) is 0 Å². The molecule has 2 aromatic rings. The fraction of sp³-hybridized carbons (Fsp3) is 0.375. The van der Waals surface area contributed by atoms with E-state index in [9.17, 15) is 4.79 Å². The summed E-state index contributed by atoms with van der Waals surface area (Å²) in [5, 5.41) is 7.21. The van der Waals surface area contributed by atoms with Gasteiger partial charge in [-0.2, -0.15) is 0 Å². The van der Waals surface area contributed by atoms with E-state index in [-0.39, 0.29) is 12.4 Å². The number of fused-ring (bicyclic) bond motifs is 1. The first-order valence-electron chi connectivity index (χ1n) is 7.12. The lowest BCUT2D eigenvalue weighted by molar-refractivity contribution is 0.246. The van der Waals surface area contributed by atoms with E-state index in [1.807, 2.05) is 23.6 Å². The number of nitrogens with zero attached hydrogens (tertiary/aromatic N) is 1. The summed E-state index contributed by atoms with van der Waals surface area (Å²) in [4.78, 5) is 13.8. The summed E-state index contributed by atoms with van der Waals surface area (Å²) in [7, 11) is 0. The molecule has 1 N–H and O–H groups in total. The Bertz CT molecular complexity index is 689. The second kappa shape index (κ2) is 8.11. The molecule has 0 aliphatic carbocycles. The van der Waals surface area contributed by atoms with Gasteiger partial charge in [-0.1, -0.05) is 17.7 Å². The van der Waals surface area contributed by atoms with Crippen molar-refractivity contribution in [2.24, 2.45) is 0 Å². The SMILES string of the molecule is Cl.O=C=C(CCN1CCNCC1)c1csc2cc(Cl)ccc12. The number of thiophene rings is 1. The van der Waals surface area contributed by atoms with Crippen molar-refractivity contribution in [1.29, 1.82) is 0 Å². The highest BCUT2D eigenvalue weighted by Crippen LogP contribution is 2.33. The van der Waals surface area contributed by atoms with Gasteiger partial charge in [-0.25, -0.2) is 4.79 Å². The predicted octanol–water partition coefficient (Wildman–Crippen LogP) is 3.49. The topological polar surface area (TPSA) is 32.3 Å². The highest BCUT2D eigenvalue weighted by molar-refractivity contribution is 7.17. The van der Waals surface area contributed by atoms with Crippen molar-refractivity contribution in [3.8, 4) is 0 Å². The number of benzene rings is 1. The lowest BCUT2D eigenvalue weighted by Crippen LogP contribution is -2.43. The first-order chi connectivity index (χ1) is 10.3. The number of piperazine rings is 1. The number of halogens is 2. The zero-order valence-corrected chi connectivity index (χ0v) is 14.5. The average molecular weight is 357 g/mol. The quantitative estimate of drug-likeness (QED) is 0.851. The van der Waals surface area contributed by atoms with Gasteiger partial charge in [0.05, 0.1) is 0 Å². The molecular formula is C16H18Cl2N2OS. The Labute approximate surface area is 145 Å². The van der Waals surface area contributed by atoms with E-state index < -0.39 is 0 Å². The summed E-state index contributed by atoms with van der Waals surface area (Å²) in [6, 6.07) is 5.81. The Hall–Kier alpha value is -0.870. The standard InChI is InChI=1S/C16H17ClN2OS.ClH/c17-13-1-2-14-15(11-21-16(14)9-13)12(10-20)3-6-19-7-4-18-5-8-19;/h1-2,9,11,18H,3-8H2;1H. The van der Waals surface area contributed by atoms with Crippen molar-refractivity contribution in [3.05, 3.63) is 34.2 Å². The first-order valence-corrected chi connectivity index (χ1v) is 8.38. The number of rotatable bonds is 4. The number of hydrogen-bond acceptors (Lipinski definition) is 4. The van der Waals surface area contributed by atoms with Crippen molar-refractivity contribution in [1.82, 2.24) is 10.2 Å². The molecule has 6 heteroatoms. The van der Waals surface area contributed by atoms with Gasteiger partial charge >= 0.3 is 0 Å². The summed E-state index contributed by atoms with van der Waals surface area (Å²) in [5.74, 6) is 2.15. The van der Waals surface area contributed by atoms with Crippen molar-refractivity contribution >= 4 is 56.9 Å². The van der Waals surface area contributed by atoms with E-state index in [0.717, 1.165) is 65.4 Å². The Balaban J connectivity index is 0.00000176. The Kier molecular flexibility index (Phi) is 6.45. The highest BCUT2D eigenvalue weighted by Gasteiger charge is 2.14. The van der Waals surface area contributed by atoms with Crippen LogP contribution in [0.2, 0.25) is 5.02 Å². The molecule has 0 saturated carbocycles. The lowest BCUT2D eigenvalue weighted by Gasteiger charge is -2.27. The van der Waals surface area contributed by atoms with Crippen LogP contribution in [-0.2, 0) is 4.79 Å². The third-order valence-electron chi connectivity index (χ3n) is 3.87. The molecule has 0 atom stereocenters. The average Bonchev–Trinajstić information content (AvgIpc) is 2.92. The molecule has 1 saturated heterocycles. The van der Waals surface area contributed by atoms with Gasteiger partial charge < -0.3 is 10.2 Å². The zero-order valence-electron chi connectivity index (χ0n) is 12.1. The van der Waals surface area contributed by atoms with Crippen LogP contribution >= 0.6 is 35.3 Å². The molecule has 0 radical (unpaired) electrons. The van der Waals surface area contributed by atoms with Crippen molar-refractivity contribution in [2.45, 2.75) is 6.42 Å². The van der Waals surface area contributed by atoms with Crippen LogP contribution in [0, 0.1) is 0 Å². The predicted molar refractivity (Wildman–Crippen MR) is 97.1 cm³/mol. The second-order valence-electron chi connectivity index (χ2n) is 5.21. The maximum Gasteiger partial charge on any atom is 0.128 e. The van der Waals surface area contributed by atoms with Crippen LogP contribution in [0.1, 0.15) is 12.0 Å². The molecule has 118 valence electrons. The summed E-state index contributed by atoms with van der Waals surface area (Å²) in [6.45, 7) is 5.06. The van der Waals surface area contributed by atoms with E-state index in [0.29, 0.717) is 0 Å². The van der Waals surface area contributed by atoms with Gasteiger partial charge in [0.15, 0.2) is 0 Å². The smallest absolute Gasteiger partial charge is 0.128 e. The molecule has 0 unspecified atom stereocenters. The minimum Gasteiger partial charge on any atom is -0.314 e. The summed E-state index contributed by atoms with van der Waals surface area (Å²) in [6.07, 6.45) is 0.748. The molecule has 2 heterocycles. The maximum absolute atomic E-state index is 11.4. The fourth-order valence-electron chi connectivity index (χ4n) is 2.68. The molecule has 0 bridgehead atoms. The molecule has 1 aliphatic heterocycles. The van der Waals surface area contributed by atoms with Gasteiger partial charge in [-0.3, -0.25) is 0 Å². The zero-order chi connectivity index (χ0) is 14.7. The van der Waals surface area contributed by atoms with Gasteiger partial charge in [-0.15, -0.1) is 23.7 Å². The molecule has 1 fully saturated rings. The Morgan fingerprint density at radius 2 is 2.14 bits per heavy atom. The van der Waals surface area contributed by atoms with Crippen molar-refractivity contribution in [2.75, 3.05) is 32.7 Å².